The van der Waals surface area contributed by atoms with Crippen LogP contribution in [0.25, 0.3) is 0 Å². The van der Waals surface area contributed by atoms with E-state index in [0.29, 0.717) is 24.1 Å². The second-order valence-electron chi connectivity index (χ2n) is 5.39. The predicted molar refractivity (Wildman–Crippen MR) is 77.3 cm³/mol. The Labute approximate surface area is 119 Å². The molecule has 108 valence electrons. The van der Waals surface area contributed by atoms with E-state index >= 15 is 0 Å². The monoisotopic (exact) mass is 293 g/mol. The number of sulfonamides is 1. The smallest absolute Gasteiger partial charge is 0.241 e. The topological polar surface area (TPSA) is 96.0 Å². The van der Waals surface area contributed by atoms with E-state index in [1.807, 2.05) is 6.07 Å². The molecular weight excluding hydrogens is 274 g/mol. The number of nitrogens with one attached hydrogen (secondary N) is 1. The Morgan fingerprint density at radius 3 is 2.80 bits per heavy atom. The molecule has 0 spiro atoms. The minimum Gasteiger partial charge on any atom is -0.399 e. The van der Waals surface area contributed by atoms with Gasteiger partial charge in [-0.3, -0.25) is 0 Å². The molecule has 0 saturated heterocycles. The number of nitrogens with zero attached hydrogens (tertiary/aromatic N) is 1. The van der Waals surface area contributed by atoms with Gasteiger partial charge >= 0.3 is 0 Å². The third-order valence-corrected chi connectivity index (χ3v) is 5.47. The molecule has 0 aliphatic heterocycles. The van der Waals surface area contributed by atoms with Gasteiger partial charge in [-0.2, -0.15) is 5.26 Å². The molecule has 1 aromatic carbocycles. The lowest BCUT2D eigenvalue weighted by Gasteiger charge is -2.16. The van der Waals surface area contributed by atoms with E-state index in [0.717, 1.165) is 19.3 Å². The Hall–Kier alpha value is -1.58. The maximum absolute atomic E-state index is 12.3. The number of nitrogens with two attached hydrogens (primary N) is 1. The summed E-state index contributed by atoms with van der Waals surface area (Å²) in [5, 5.41) is 9.03. The highest BCUT2D eigenvalue weighted by Crippen LogP contribution is 2.30. The molecule has 5 nitrogen and oxygen atoms in total. The Morgan fingerprint density at radius 1 is 1.45 bits per heavy atom. The number of rotatable bonds is 4. The molecule has 2 unspecified atom stereocenters. The minimum absolute atomic E-state index is 0.000139. The lowest BCUT2D eigenvalue weighted by molar-refractivity contribution is 0.414. The van der Waals surface area contributed by atoms with Gasteiger partial charge in [0.15, 0.2) is 0 Å². The van der Waals surface area contributed by atoms with Crippen LogP contribution in [0, 0.1) is 23.2 Å². The first-order valence-electron chi connectivity index (χ1n) is 6.73. The summed E-state index contributed by atoms with van der Waals surface area (Å²) >= 11 is 0. The first-order valence-corrected chi connectivity index (χ1v) is 8.21. The fraction of sp³-hybridized carbons (Fsp3) is 0.500. The Bertz CT molecular complexity index is 634. The van der Waals surface area contributed by atoms with Gasteiger partial charge in [-0.15, -0.1) is 0 Å². The van der Waals surface area contributed by atoms with Gasteiger partial charge in [0.1, 0.15) is 6.07 Å². The minimum atomic E-state index is -3.66. The van der Waals surface area contributed by atoms with Crippen LogP contribution in [0.1, 0.15) is 31.7 Å². The van der Waals surface area contributed by atoms with Gasteiger partial charge in [0.2, 0.25) is 10.0 Å². The molecule has 20 heavy (non-hydrogen) atoms. The van der Waals surface area contributed by atoms with E-state index in [-0.39, 0.29) is 10.5 Å². The molecule has 3 N–H and O–H groups in total. The van der Waals surface area contributed by atoms with Crippen molar-refractivity contribution in [3.05, 3.63) is 23.8 Å². The van der Waals surface area contributed by atoms with Crippen molar-refractivity contribution >= 4 is 15.7 Å². The van der Waals surface area contributed by atoms with Crippen molar-refractivity contribution in [3.63, 3.8) is 0 Å². The van der Waals surface area contributed by atoms with Crippen LogP contribution in [0.3, 0.4) is 0 Å². The van der Waals surface area contributed by atoms with Crippen LogP contribution >= 0.6 is 0 Å². The van der Waals surface area contributed by atoms with E-state index in [4.69, 9.17) is 11.0 Å². The van der Waals surface area contributed by atoms with Crippen molar-refractivity contribution in [1.82, 2.24) is 4.72 Å². The lowest BCUT2D eigenvalue weighted by atomic mass is 9.99. The van der Waals surface area contributed by atoms with Gasteiger partial charge < -0.3 is 5.73 Å². The SMILES string of the molecule is CC1CCCC1CNS(=O)(=O)c1ccc(N)cc1C#N. The third-order valence-electron chi connectivity index (χ3n) is 3.99. The van der Waals surface area contributed by atoms with Gasteiger partial charge in [-0.25, -0.2) is 13.1 Å². The van der Waals surface area contributed by atoms with Gasteiger partial charge in [0.25, 0.3) is 0 Å². The molecule has 6 heteroatoms. The summed E-state index contributed by atoms with van der Waals surface area (Å²) in [7, 11) is -3.66. The van der Waals surface area contributed by atoms with Crippen LogP contribution in [-0.2, 0) is 10.0 Å². The fourth-order valence-electron chi connectivity index (χ4n) is 2.69. The molecule has 2 atom stereocenters. The maximum atomic E-state index is 12.3. The van der Waals surface area contributed by atoms with Crippen LogP contribution in [0.2, 0.25) is 0 Å². The van der Waals surface area contributed by atoms with Crippen molar-refractivity contribution in [2.24, 2.45) is 11.8 Å². The van der Waals surface area contributed by atoms with Crippen molar-refractivity contribution < 1.29 is 8.42 Å². The lowest BCUT2D eigenvalue weighted by Crippen LogP contribution is -2.30. The summed E-state index contributed by atoms with van der Waals surface area (Å²) in [6.07, 6.45) is 3.35. The summed E-state index contributed by atoms with van der Waals surface area (Å²) in [6.45, 7) is 2.58. The second-order valence-corrected chi connectivity index (χ2v) is 7.12. The van der Waals surface area contributed by atoms with Crippen LogP contribution in [-0.4, -0.2) is 15.0 Å². The third kappa shape index (κ3) is 3.11. The molecule has 1 aliphatic carbocycles. The normalized spacial score (nSPS) is 22.6. The van der Waals surface area contributed by atoms with Crippen LogP contribution in [0.5, 0.6) is 0 Å². The number of nitrogen functional groups attached to an aromatic ring is 1. The van der Waals surface area contributed by atoms with Gasteiger partial charge in [-0.1, -0.05) is 19.8 Å². The van der Waals surface area contributed by atoms with E-state index < -0.39 is 10.0 Å². The Kier molecular flexibility index (Phi) is 4.31. The molecule has 0 radical (unpaired) electrons. The molecule has 1 saturated carbocycles. The largest absolute Gasteiger partial charge is 0.399 e. The predicted octanol–water partition coefficient (Wildman–Crippen LogP) is 1.85. The van der Waals surface area contributed by atoms with Crippen LogP contribution < -0.4 is 10.5 Å². The molecule has 1 aliphatic rings. The highest BCUT2D eigenvalue weighted by Gasteiger charge is 2.26. The zero-order chi connectivity index (χ0) is 14.8. The quantitative estimate of drug-likeness (QED) is 0.828. The Morgan fingerprint density at radius 2 is 2.20 bits per heavy atom. The molecule has 0 bridgehead atoms. The summed E-state index contributed by atoms with van der Waals surface area (Å²) in [5.41, 5.74) is 6.03. The zero-order valence-corrected chi connectivity index (χ0v) is 12.3. The average Bonchev–Trinajstić information content (AvgIpc) is 2.81. The number of anilines is 1. The number of hydrogen-bond acceptors (Lipinski definition) is 4. The molecular formula is C14H19N3O2S. The standard InChI is InChI=1S/C14H19N3O2S/c1-10-3-2-4-11(10)9-17-20(18,19)14-6-5-13(16)7-12(14)8-15/h5-7,10-11,17H,2-4,9,16H2,1H3. The van der Waals surface area contributed by atoms with E-state index in [1.54, 1.807) is 0 Å². The summed E-state index contributed by atoms with van der Waals surface area (Å²) < 4.78 is 27.2. The first-order chi connectivity index (χ1) is 9.44. The average molecular weight is 293 g/mol. The van der Waals surface area contributed by atoms with Crippen molar-refractivity contribution in [2.45, 2.75) is 31.1 Å². The Balaban J connectivity index is 2.16. The summed E-state index contributed by atoms with van der Waals surface area (Å²) in [5.74, 6) is 0.920. The highest BCUT2D eigenvalue weighted by atomic mass is 32.2. The summed E-state index contributed by atoms with van der Waals surface area (Å²) in [4.78, 5) is -0.000139. The van der Waals surface area contributed by atoms with Gasteiger partial charge in [0, 0.05) is 12.2 Å². The first kappa shape index (κ1) is 14.8. The van der Waals surface area contributed by atoms with Gasteiger partial charge in [0.05, 0.1) is 10.5 Å². The van der Waals surface area contributed by atoms with Crippen LogP contribution in [0.15, 0.2) is 23.1 Å². The maximum Gasteiger partial charge on any atom is 0.241 e. The fourth-order valence-corrected chi connectivity index (χ4v) is 3.92. The van der Waals surface area contributed by atoms with Crippen LogP contribution in [0.4, 0.5) is 5.69 Å². The van der Waals surface area contributed by atoms with Gasteiger partial charge in [-0.05, 0) is 36.5 Å². The van der Waals surface area contributed by atoms with Crippen molar-refractivity contribution in [1.29, 1.82) is 5.26 Å². The molecule has 0 aromatic heterocycles. The molecule has 1 aromatic rings. The molecule has 2 rings (SSSR count). The molecule has 1 fully saturated rings. The van der Waals surface area contributed by atoms with Crippen molar-refractivity contribution in [2.75, 3.05) is 12.3 Å². The van der Waals surface area contributed by atoms with E-state index in [2.05, 4.69) is 11.6 Å². The molecule has 0 heterocycles. The number of hydrogen-bond donors (Lipinski definition) is 2. The van der Waals surface area contributed by atoms with E-state index in [9.17, 15) is 8.42 Å². The highest BCUT2D eigenvalue weighted by molar-refractivity contribution is 7.89. The van der Waals surface area contributed by atoms with Crippen molar-refractivity contribution in [3.8, 4) is 6.07 Å². The number of benzene rings is 1. The summed E-state index contributed by atoms with van der Waals surface area (Å²) in [6, 6.07) is 6.14. The zero-order valence-electron chi connectivity index (χ0n) is 11.5. The molecule has 0 amide bonds. The second kappa shape index (κ2) is 5.81. The number of nitriles is 1. The van der Waals surface area contributed by atoms with E-state index in [1.165, 1.54) is 18.2 Å².